The molecule has 2 aromatic carbocycles. The normalized spacial score (nSPS) is 19.1. The van der Waals surface area contributed by atoms with Gasteiger partial charge in [-0.25, -0.2) is 8.78 Å². The Morgan fingerprint density at radius 1 is 0.857 bits per heavy atom. The highest BCUT2D eigenvalue weighted by atomic mass is 19.2. The molecule has 4 nitrogen and oxygen atoms in total. The fraction of sp³-hybridized carbons (Fsp3) is 0.364. The molecule has 2 N–H and O–H groups in total. The van der Waals surface area contributed by atoms with Crippen molar-refractivity contribution in [3.05, 3.63) is 59.2 Å². The van der Waals surface area contributed by atoms with E-state index in [-0.39, 0.29) is 29.3 Å². The maximum Gasteiger partial charge on any atom is 0.227 e. The van der Waals surface area contributed by atoms with Gasteiger partial charge in [-0.3, -0.25) is 9.59 Å². The number of halogens is 2. The molecule has 2 aromatic rings. The van der Waals surface area contributed by atoms with Crippen LogP contribution in [0.3, 0.4) is 0 Å². The summed E-state index contributed by atoms with van der Waals surface area (Å²) in [6, 6.07) is 9.09. The van der Waals surface area contributed by atoms with Gasteiger partial charge >= 0.3 is 0 Å². The summed E-state index contributed by atoms with van der Waals surface area (Å²) < 4.78 is 26.3. The molecule has 0 saturated heterocycles. The zero-order chi connectivity index (χ0) is 20.3. The van der Waals surface area contributed by atoms with E-state index < -0.39 is 11.6 Å². The van der Waals surface area contributed by atoms with E-state index in [1.54, 1.807) is 0 Å². The third kappa shape index (κ3) is 4.55. The van der Waals surface area contributed by atoms with Crippen LogP contribution < -0.4 is 10.6 Å². The third-order valence-corrected chi connectivity index (χ3v) is 5.52. The number of aryl methyl sites for hydroxylation is 1. The van der Waals surface area contributed by atoms with Crippen molar-refractivity contribution >= 4 is 23.2 Å². The van der Waals surface area contributed by atoms with E-state index in [9.17, 15) is 18.4 Å². The fourth-order valence-corrected chi connectivity index (χ4v) is 3.56. The van der Waals surface area contributed by atoms with Crippen LogP contribution in [0.15, 0.2) is 36.4 Å². The number of amides is 2. The maximum atomic E-state index is 13.3. The van der Waals surface area contributed by atoms with E-state index in [0.29, 0.717) is 25.7 Å². The van der Waals surface area contributed by atoms with E-state index in [1.807, 2.05) is 32.0 Å². The molecule has 3 rings (SSSR count). The summed E-state index contributed by atoms with van der Waals surface area (Å²) in [4.78, 5) is 25.0. The van der Waals surface area contributed by atoms with E-state index in [2.05, 4.69) is 10.6 Å². The minimum absolute atomic E-state index is 0.0202. The lowest BCUT2D eigenvalue weighted by atomic mass is 9.81. The number of hydrogen-bond acceptors (Lipinski definition) is 2. The summed E-state index contributed by atoms with van der Waals surface area (Å²) >= 11 is 0. The van der Waals surface area contributed by atoms with Crippen molar-refractivity contribution in [2.45, 2.75) is 39.5 Å². The van der Waals surface area contributed by atoms with E-state index in [4.69, 9.17) is 0 Å². The van der Waals surface area contributed by atoms with Gasteiger partial charge in [0.2, 0.25) is 11.8 Å². The lowest BCUT2D eigenvalue weighted by Crippen LogP contribution is -2.32. The molecule has 0 unspecified atom stereocenters. The summed E-state index contributed by atoms with van der Waals surface area (Å²) in [5.41, 5.74) is 3.23. The van der Waals surface area contributed by atoms with Crippen molar-refractivity contribution in [1.29, 1.82) is 0 Å². The first kappa shape index (κ1) is 20.0. The Balaban J connectivity index is 1.53. The first-order valence-corrected chi connectivity index (χ1v) is 9.48. The molecule has 0 atom stereocenters. The Hall–Kier alpha value is -2.76. The SMILES string of the molecule is Cc1cccc(NC(=O)C2CCC(C(=O)Nc3ccc(F)c(F)c3)CC2)c1C. The molecule has 0 radical (unpaired) electrons. The molecule has 28 heavy (non-hydrogen) atoms. The van der Waals surface area contributed by atoms with Crippen LogP contribution in [0.5, 0.6) is 0 Å². The molecule has 1 aliphatic carbocycles. The molecule has 0 aromatic heterocycles. The molecule has 0 heterocycles. The molecule has 1 aliphatic rings. The monoisotopic (exact) mass is 386 g/mol. The first-order chi connectivity index (χ1) is 13.3. The summed E-state index contributed by atoms with van der Waals surface area (Å²) in [6.45, 7) is 3.98. The maximum absolute atomic E-state index is 13.3. The van der Waals surface area contributed by atoms with Gasteiger partial charge in [0.1, 0.15) is 0 Å². The minimum atomic E-state index is -0.996. The summed E-state index contributed by atoms with van der Waals surface area (Å²) in [7, 11) is 0. The quantitative estimate of drug-likeness (QED) is 0.780. The van der Waals surface area contributed by atoms with Crippen molar-refractivity contribution in [2.24, 2.45) is 11.8 Å². The summed E-state index contributed by atoms with van der Waals surface area (Å²) in [5, 5.41) is 5.63. The average molecular weight is 386 g/mol. The standard InChI is InChI=1S/C22H24F2N2O2/c1-13-4-3-5-20(14(13)2)26-22(28)16-8-6-15(7-9-16)21(27)25-17-10-11-18(23)19(24)12-17/h3-5,10-12,15-16H,6-9H2,1-2H3,(H,25,27)(H,26,28). The predicted molar refractivity (Wildman–Crippen MR) is 105 cm³/mol. The second-order valence-corrected chi connectivity index (χ2v) is 7.40. The van der Waals surface area contributed by atoms with Crippen LogP contribution in [0.4, 0.5) is 20.2 Å². The third-order valence-electron chi connectivity index (χ3n) is 5.52. The Labute approximate surface area is 163 Å². The van der Waals surface area contributed by atoms with Crippen LogP contribution in [-0.2, 0) is 9.59 Å². The highest BCUT2D eigenvalue weighted by Crippen LogP contribution is 2.31. The minimum Gasteiger partial charge on any atom is -0.326 e. The predicted octanol–water partition coefficient (Wildman–Crippen LogP) is 4.97. The lowest BCUT2D eigenvalue weighted by Gasteiger charge is -2.27. The molecule has 0 bridgehead atoms. The van der Waals surface area contributed by atoms with E-state index in [0.717, 1.165) is 28.9 Å². The summed E-state index contributed by atoms with van der Waals surface area (Å²) in [6.07, 6.45) is 2.40. The molecule has 0 aliphatic heterocycles. The number of carbonyl (C=O) groups excluding carboxylic acids is 2. The number of nitrogens with one attached hydrogen (secondary N) is 2. The zero-order valence-corrected chi connectivity index (χ0v) is 16.0. The second-order valence-electron chi connectivity index (χ2n) is 7.40. The fourth-order valence-electron chi connectivity index (χ4n) is 3.56. The van der Waals surface area contributed by atoms with Gasteiger partial charge in [-0.05, 0) is 68.9 Å². The van der Waals surface area contributed by atoms with Crippen molar-refractivity contribution in [1.82, 2.24) is 0 Å². The number of carbonyl (C=O) groups is 2. The molecule has 6 heteroatoms. The van der Waals surface area contributed by atoms with Gasteiger partial charge in [-0.15, -0.1) is 0 Å². The highest BCUT2D eigenvalue weighted by molar-refractivity contribution is 5.95. The summed E-state index contributed by atoms with van der Waals surface area (Å²) in [5.74, 6) is -2.56. The van der Waals surface area contributed by atoms with Gasteiger partial charge in [0.25, 0.3) is 0 Å². The van der Waals surface area contributed by atoms with Crippen molar-refractivity contribution < 1.29 is 18.4 Å². The Kier molecular flexibility index (Phi) is 6.07. The van der Waals surface area contributed by atoms with Gasteiger partial charge in [0.15, 0.2) is 11.6 Å². The topological polar surface area (TPSA) is 58.2 Å². The van der Waals surface area contributed by atoms with Gasteiger partial charge in [-0.2, -0.15) is 0 Å². The lowest BCUT2D eigenvalue weighted by molar-refractivity contribution is -0.125. The first-order valence-electron chi connectivity index (χ1n) is 9.48. The van der Waals surface area contributed by atoms with Crippen LogP contribution in [0, 0.1) is 37.3 Å². The number of hydrogen-bond donors (Lipinski definition) is 2. The number of rotatable bonds is 4. The molecule has 2 amide bonds. The van der Waals surface area contributed by atoms with Gasteiger partial charge in [0.05, 0.1) is 0 Å². The second kappa shape index (κ2) is 8.50. The highest BCUT2D eigenvalue weighted by Gasteiger charge is 2.30. The smallest absolute Gasteiger partial charge is 0.227 e. The Morgan fingerprint density at radius 3 is 2.07 bits per heavy atom. The van der Waals surface area contributed by atoms with Crippen molar-refractivity contribution in [2.75, 3.05) is 10.6 Å². The molecule has 1 fully saturated rings. The Morgan fingerprint density at radius 2 is 1.46 bits per heavy atom. The molecule has 148 valence electrons. The molecular weight excluding hydrogens is 362 g/mol. The molecule has 0 spiro atoms. The average Bonchev–Trinajstić information content (AvgIpc) is 2.68. The van der Waals surface area contributed by atoms with Crippen LogP contribution in [0.1, 0.15) is 36.8 Å². The van der Waals surface area contributed by atoms with E-state index in [1.165, 1.54) is 6.07 Å². The van der Waals surface area contributed by atoms with Crippen molar-refractivity contribution in [3.8, 4) is 0 Å². The van der Waals surface area contributed by atoms with Gasteiger partial charge < -0.3 is 10.6 Å². The van der Waals surface area contributed by atoms with Crippen LogP contribution >= 0.6 is 0 Å². The van der Waals surface area contributed by atoms with Crippen molar-refractivity contribution in [3.63, 3.8) is 0 Å². The van der Waals surface area contributed by atoms with Crippen LogP contribution in [-0.4, -0.2) is 11.8 Å². The Bertz CT molecular complexity index is 890. The van der Waals surface area contributed by atoms with Gasteiger partial charge in [0, 0.05) is 29.3 Å². The number of anilines is 2. The molecule has 1 saturated carbocycles. The van der Waals surface area contributed by atoms with Crippen LogP contribution in [0.2, 0.25) is 0 Å². The molecular formula is C22H24F2N2O2. The van der Waals surface area contributed by atoms with E-state index >= 15 is 0 Å². The van der Waals surface area contributed by atoms with Gasteiger partial charge in [-0.1, -0.05) is 12.1 Å². The zero-order valence-electron chi connectivity index (χ0n) is 16.0. The largest absolute Gasteiger partial charge is 0.326 e. The van der Waals surface area contributed by atoms with Crippen LogP contribution in [0.25, 0.3) is 0 Å². The number of benzene rings is 2.